The Morgan fingerprint density at radius 3 is 2.75 bits per heavy atom. The molecule has 0 unspecified atom stereocenters. The lowest BCUT2D eigenvalue weighted by molar-refractivity contribution is 0.0955. The Bertz CT molecular complexity index is 1140. The number of nitrogens with zero attached hydrogens (tertiary/aromatic N) is 2. The molecule has 0 spiro atoms. The van der Waals surface area contributed by atoms with E-state index in [4.69, 9.17) is 11.6 Å². The highest BCUT2D eigenvalue weighted by Crippen LogP contribution is 2.23. The number of halogens is 1. The van der Waals surface area contributed by atoms with Gasteiger partial charge in [0.05, 0.1) is 11.1 Å². The van der Waals surface area contributed by atoms with E-state index in [1.165, 1.54) is 0 Å². The Balaban J connectivity index is 1.52. The molecule has 140 valence electrons. The number of pyridine rings is 1. The average molecular weight is 393 g/mol. The van der Waals surface area contributed by atoms with Crippen molar-refractivity contribution in [3.63, 3.8) is 0 Å². The first-order valence-electron chi connectivity index (χ1n) is 8.77. The van der Waals surface area contributed by atoms with Gasteiger partial charge in [0.25, 0.3) is 5.91 Å². The maximum Gasteiger partial charge on any atom is 0.253 e. The van der Waals surface area contributed by atoms with Crippen molar-refractivity contribution in [3.8, 4) is 17.1 Å². The molecule has 0 radical (unpaired) electrons. The summed E-state index contributed by atoms with van der Waals surface area (Å²) in [5.74, 6) is 0.630. The van der Waals surface area contributed by atoms with E-state index in [1.54, 1.807) is 42.6 Å². The zero-order chi connectivity index (χ0) is 19.5. The molecule has 0 bridgehead atoms. The van der Waals surface area contributed by atoms with Gasteiger partial charge in [0.15, 0.2) is 5.65 Å². The zero-order valence-corrected chi connectivity index (χ0v) is 15.6. The fourth-order valence-corrected chi connectivity index (χ4v) is 3.10. The molecular weight excluding hydrogens is 376 g/mol. The van der Waals surface area contributed by atoms with Crippen LogP contribution in [0.1, 0.15) is 15.9 Å². The summed E-state index contributed by atoms with van der Waals surface area (Å²) >= 11 is 5.94. The number of hydrogen-bond donors (Lipinski definition) is 3. The molecule has 0 saturated carbocycles. The number of fused-ring (bicyclic) bond motifs is 1. The van der Waals surface area contributed by atoms with Gasteiger partial charge in [-0.05, 0) is 54.4 Å². The van der Waals surface area contributed by atoms with Gasteiger partial charge in [-0.25, -0.2) is 9.97 Å². The second kappa shape index (κ2) is 7.70. The number of nitrogens with one attached hydrogen (secondary N) is 2. The number of imidazole rings is 1. The quantitative estimate of drug-likeness (QED) is 0.479. The molecule has 0 aliphatic carbocycles. The van der Waals surface area contributed by atoms with Crippen molar-refractivity contribution in [2.45, 2.75) is 6.42 Å². The topological polar surface area (TPSA) is 90.9 Å². The van der Waals surface area contributed by atoms with Gasteiger partial charge in [0.2, 0.25) is 0 Å². The van der Waals surface area contributed by atoms with E-state index < -0.39 is 0 Å². The summed E-state index contributed by atoms with van der Waals surface area (Å²) in [5, 5.41) is 13.1. The third-order valence-electron chi connectivity index (χ3n) is 4.36. The van der Waals surface area contributed by atoms with Gasteiger partial charge in [0.1, 0.15) is 11.6 Å². The van der Waals surface area contributed by atoms with E-state index in [0.29, 0.717) is 40.5 Å². The largest absolute Gasteiger partial charge is 0.508 e. The van der Waals surface area contributed by atoms with Crippen LogP contribution in [0.4, 0.5) is 0 Å². The Labute approximate surface area is 166 Å². The van der Waals surface area contributed by atoms with Crippen molar-refractivity contribution in [2.24, 2.45) is 0 Å². The van der Waals surface area contributed by atoms with Gasteiger partial charge >= 0.3 is 0 Å². The van der Waals surface area contributed by atoms with Crippen LogP contribution in [0.25, 0.3) is 22.6 Å². The van der Waals surface area contributed by atoms with Crippen molar-refractivity contribution in [2.75, 3.05) is 6.54 Å². The van der Waals surface area contributed by atoms with E-state index in [9.17, 15) is 9.90 Å². The van der Waals surface area contributed by atoms with Gasteiger partial charge in [-0.2, -0.15) is 0 Å². The number of hydrogen-bond acceptors (Lipinski definition) is 4. The summed E-state index contributed by atoms with van der Waals surface area (Å²) < 4.78 is 0. The SMILES string of the molecule is O=C(NCCc1cccc(O)c1)c1ccnc2nc(-c3ccc(Cl)cc3)[nH]c12. The first-order valence-corrected chi connectivity index (χ1v) is 9.15. The number of benzene rings is 2. The molecule has 4 aromatic rings. The molecule has 0 saturated heterocycles. The molecular formula is C21H17ClN4O2. The van der Waals surface area contributed by atoms with E-state index >= 15 is 0 Å². The first kappa shape index (κ1) is 18.0. The van der Waals surface area contributed by atoms with E-state index in [1.807, 2.05) is 18.2 Å². The molecule has 4 rings (SSSR count). The molecule has 0 atom stereocenters. The number of carbonyl (C=O) groups excluding carboxylic acids is 1. The van der Waals surface area contributed by atoms with Crippen LogP contribution in [0.2, 0.25) is 5.02 Å². The summed E-state index contributed by atoms with van der Waals surface area (Å²) in [6.45, 7) is 0.449. The molecule has 2 aromatic heterocycles. The lowest BCUT2D eigenvalue weighted by Crippen LogP contribution is -2.26. The van der Waals surface area contributed by atoms with Crippen LogP contribution in [0, 0.1) is 0 Å². The number of aromatic amines is 1. The molecule has 2 heterocycles. The van der Waals surface area contributed by atoms with E-state index in [0.717, 1.165) is 11.1 Å². The number of aromatic nitrogens is 3. The highest BCUT2D eigenvalue weighted by Gasteiger charge is 2.15. The molecule has 0 aliphatic heterocycles. The first-order chi connectivity index (χ1) is 13.6. The van der Waals surface area contributed by atoms with Gasteiger partial charge in [-0.1, -0.05) is 23.7 Å². The number of amides is 1. The van der Waals surface area contributed by atoms with Crippen molar-refractivity contribution in [1.82, 2.24) is 20.3 Å². The highest BCUT2D eigenvalue weighted by molar-refractivity contribution is 6.30. The Morgan fingerprint density at radius 2 is 1.96 bits per heavy atom. The molecule has 6 nitrogen and oxygen atoms in total. The average Bonchev–Trinajstić information content (AvgIpc) is 3.12. The number of H-pyrrole nitrogens is 1. The molecule has 3 N–H and O–H groups in total. The predicted molar refractivity (Wildman–Crippen MR) is 108 cm³/mol. The third-order valence-corrected chi connectivity index (χ3v) is 4.62. The Morgan fingerprint density at radius 1 is 1.14 bits per heavy atom. The minimum Gasteiger partial charge on any atom is -0.508 e. The minimum atomic E-state index is -0.209. The van der Waals surface area contributed by atoms with Gasteiger partial charge < -0.3 is 15.4 Å². The lowest BCUT2D eigenvalue weighted by atomic mass is 10.1. The van der Waals surface area contributed by atoms with Crippen molar-refractivity contribution < 1.29 is 9.90 Å². The third kappa shape index (κ3) is 3.82. The summed E-state index contributed by atoms with van der Waals surface area (Å²) in [7, 11) is 0. The maximum absolute atomic E-state index is 12.7. The number of phenols is 1. The van der Waals surface area contributed by atoms with E-state index in [-0.39, 0.29) is 11.7 Å². The van der Waals surface area contributed by atoms with Crippen molar-refractivity contribution in [3.05, 3.63) is 76.9 Å². The van der Waals surface area contributed by atoms with Crippen LogP contribution in [0.5, 0.6) is 5.75 Å². The van der Waals surface area contributed by atoms with Gasteiger partial charge in [-0.15, -0.1) is 0 Å². The second-order valence-corrected chi connectivity index (χ2v) is 6.76. The predicted octanol–water partition coefficient (Wildman–Crippen LogP) is 3.96. The monoisotopic (exact) mass is 392 g/mol. The fourth-order valence-electron chi connectivity index (χ4n) is 2.97. The molecule has 0 aliphatic rings. The zero-order valence-electron chi connectivity index (χ0n) is 14.8. The standard InChI is InChI=1S/C21H17ClN4O2/c22-15-6-4-14(5-7-15)19-25-18-17(9-11-23-20(18)26-19)21(28)24-10-8-13-2-1-3-16(27)12-13/h1-7,9,11-12,27H,8,10H2,(H,24,28)(H,23,25,26). The number of aromatic hydroxyl groups is 1. The van der Waals surface area contributed by atoms with Crippen LogP contribution in [0.3, 0.4) is 0 Å². The molecule has 28 heavy (non-hydrogen) atoms. The molecule has 2 aromatic carbocycles. The Hall–Kier alpha value is -3.38. The van der Waals surface area contributed by atoms with Crippen LogP contribution in [-0.4, -0.2) is 32.5 Å². The normalized spacial score (nSPS) is 10.9. The maximum atomic E-state index is 12.7. The summed E-state index contributed by atoms with van der Waals surface area (Å²) in [6.07, 6.45) is 2.19. The van der Waals surface area contributed by atoms with Crippen LogP contribution >= 0.6 is 11.6 Å². The smallest absolute Gasteiger partial charge is 0.253 e. The van der Waals surface area contributed by atoms with Crippen LogP contribution < -0.4 is 5.32 Å². The fraction of sp³-hybridized carbons (Fsp3) is 0.0952. The summed E-state index contributed by atoms with van der Waals surface area (Å²) in [6, 6.07) is 15.9. The Kier molecular flexibility index (Phi) is 4.95. The number of rotatable bonds is 5. The highest BCUT2D eigenvalue weighted by atomic mass is 35.5. The summed E-state index contributed by atoms with van der Waals surface area (Å²) in [5.41, 5.74) is 3.35. The molecule has 7 heteroatoms. The number of carbonyl (C=O) groups is 1. The van der Waals surface area contributed by atoms with Crippen molar-refractivity contribution >= 4 is 28.7 Å². The minimum absolute atomic E-state index is 0.209. The lowest BCUT2D eigenvalue weighted by Gasteiger charge is -2.06. The molecule has 1 amide bonds. The van der Waals surface area contributed by atoms with Crippen molar-refractivity contribution in [1.29, 1.82) is 0 Å². The number of phenolic OH excluding ortho intramolecular Hbond substituents is 1. The van der Waals surface area contributed by atoms with Gasteiger partial charge in [0, 0.05) is 23.3 Å². The molecule has 0 fully saturated rings. The van der Waals surface area contributed by atoms with Crippen LogP contribution in [-0.2, 0) is 6.42 Å². The van der Waals surface area contributed by atoms with Gasteiger partial charge in [-0.3, -0.25) is 4.79 Å². The van der Waals surface area contributed by atoms with Crippen LogP contribution in [0.15, 0.2) is 60.8 Å². The second-order valence-electron chi connectivity index (χ2n) is 6.33. The van der Waals surface area contributed by atoms with E-state index in [2.05, 4.69) is 20.3 Å². The summed E-state index contributed by atoms with van der Waals surface area (Å²) in [4.78, 5) is 24.6.